The summed E-state index contributed by atoms with van der Waals surface area (Å²) in [6, 6.07) is 14.2. The Balaban J connectivity index is 2.48. The Morgan fingerprint density at radius 1 is 0.789 bits per heavy atom. The van der Waals surface area contributed by atoms with Crippen LogP contribution in [0.15, 0.2) is 42.5 Å². The number of aryl methyl sites for hydroxylation is 4. The minimum atomic E-state index is -1.23. The molecule has 202 valence electrons. The Labute approximate surface area is 227 Å². The van der Waals surface area contributed by atoms with Crippen molar-refractivity contribution in [3.8, 4) is 22.3 Å². The molecule has 0 aliphatic heterocycles. The van der Waals surface area contributed by atoms with E-state index >= 15 is 0 Å². The number of anilines is 1. The number of aliphatic carboxylic acids is 1. The highest BCUT2D eigenvalue weighted by atomic mass is 16.5. The average Bonchev–Trinajstić information content (AvgIpc) is 2.80. The van der Waals surface area contributed by atoms with Gasteiger partial charge in [-0.1, -0.05) is 50.2 Å². The van der Waals surface area contributed by atoms with Crippen LogP contribution in [0.3, 0.4) is 0 Å². The van der Waals surface area contributed by atoms with Crippen LogP contribution in [0.2, 0.25) is 0 Å². The summed E-state index contributed by atoms with van der Waals surface area (Å²) in [4.78, 5) is 25.6. The van der Waals surface area contributed by atoms with Gasteiger partial charge in [0.25, 0.3) is 0 Å². The largest absolute Gasteiger partial charge is 0.479 e. The van der Waals surface area contributed by atoms with Crippen molar-refractivity contribution in [2.45, 2.75) is 80.9 Å². The van der Waals surface area contributed by atoms with Gasteiger partial charge >= 0.3 is 5.97 Å². The van der Waals surface area contributed by atoms with Crippen molar-refractivity contribution < 1.29 is 19.4 Å². The summed E-state index contributed by atoms with van der Waals surface area (Å²) < 4.78 is 6.13. The van der Waals surface area contributed by atoms with E-state index in [0.717, 1.165) is 44.5 Å². The van der Waals surface area contributed by atoms with E-state index in [0.29, 0.717) is 11.3 Å². The maximum absolute atomic E-state index is 13.0. The summed E-state index contributed by atoms with van der Waals surface area (Å²) in [6.07, 6.45) is -1.23. The van der Waals surface area contributed by atoms with E-state index in [1.54, 1.807) is 6.07 Å². The molecule has 0 bridgehead atoms. The van der Waals surface area contributed by atoms with Gasteiger partial charge in [-0.25, -0.2) is 4.79 Å². The Kier molecular flexibility index (Phi) is 8.52. The molecular weight excluding hydrogens is 474 g/mol. The molecule has 0 spiro atoms. The van der Waals surface area contributed by atoms with Crippen LogP contribution in [-0.4, -0.2) is 22.6 Å². The number of amides is 1. The molecule has 1 unspecified atom stereocenters. The maximum atomic E-state index is 13.0. The van der Waals surface area contributed by atoms with Crippen molar-refractivity contribution in [2.75, 3.05) is 5.32 Å². The molecule has 0 saturated heterocycles. The van der Waals surface area contributed by atoms with Crippen molar-refractivity contribution >= 4 is 17.6 Å². The second-order valence-corrected chi connectivity index (χ2v) is 11.6. The third kappa shape index (κ3) is 6.33. The number of carbonyl (C=O) groups excluding carboxylic acids is 1. The number of ether oxygens (including phenoxy) is 1. The molecule has 1 atom stereocenters. The first kappa shape index (κ1) is 29.1. The standard InChI is InChI=1S/C33H41NO4/c1-18(2)31(35)34-27-17-26(30(32(36)37)38-33(8,9)10)28(24-13-11-19(3)21(5)15-24)23(7)29(27)25-14-12-20(4)22(6)16-25/h11-18,30H,1-10H3,(H,34,35)(H,36,37). The molecule has 38 heavy (non-hydrogen) atoms. The number of carboxylic acid groups (broad SMARTS) is 1. The lowest BCUT2D eigenvalue weighted by atomic mass is 9.84. The molecule has 0 saturated carbocycles. The lowest BCUT2D eigenvalue weighted by Crippen LogP contribution is -2.28. The van der Waals surface area contributed by atoms with Gasteiger partial charge in [-0.3, -0.25) is 4.79 Å². The van der Waals surface area contributed by atoms with E-state index in [2.05, 4.69) is 63.3 Å². The highest BCUT2D eigenvalue weighted by molar-refractivity contribution is 6.00. The number of hydrogen-bond donors (Lipinski definition) is 2. The molecule has 2 N–H and O–H groups in total. The zero-order valence-corrected chi connectivity index (χ0v) is 24.4. The van der Waals surface area contributed by atoms with Crippen LogP contribution in [0.1, 0.15) is 74.1 Å². The van der Waals surface area contributed by atoms with Crippen LogP contribution < -0.4 is 5.32 Å². The van der Waals surface area contributed by atoms with Gasteiger partial charge in [-0.15, -0.1) is 0 Å². The van der Waals surface area contributed by atoms with Crippen LogP contribution in [0, 0.1) is 40.5 Å². The van der Waals surface area contributed by atoms with E-state index in [1.165, 1.54) is 5.56 Å². The molecule has 0 fully saturated rings. The lowest BCUT2D eigenvalue weighted by Gasteiger charge is -2.29. The van der Waals surface area contributed by atoms with Crippen LogP contribution in [-0.2, 0) is 14.3 Å². The number of hydrogen-bond acceptors (Lipinski definition) is 3. The third-order valence-corrected chi connectivity index (χ3v) is 6.96. The fourth-order valence-electron chi connectivity index (χ4n) is 4.58. The molecule has 0 radical (unpaired) electrons. The minimum Gasteiger partial charge on any atom is -0.479 e. The molecular formula is C33H41NO4. The molecule has 5 nitrogen and oxygen atoms in total. The molecule has 3 aromatic rings. The monoisotopic (exact) mass is 515 g/mol. The van der Waals surface area contributed by atoms with Crippen LogP contribution in [0.25, 0.3) is 22.3 Å². The van der Waals surface area contributed by atoms with Crippen molar-refractivity contribution in [3.63, 3.8) is 0 Å². The normalized spacial score (nSPS) is 12.5. The molecule has 0 aliphatic carbocycles. The lowest BCUT2D eigenvalue weighted by molar-refractivity contribution is -0.160. The minimum absolute atomic E-state index is 0.136. The molecule has 0 aliphatic rings. The Hall–Kier alpha value is -3.44. The number of benzene rings is 3. The van der Waals surface area contributed by atoms with Crippen molar-refractivity contribution in [2.24, 2.45) is 5.92 Å². The second kappa shape index (κ2) is 11.1. The van der Waals surface area contributed by atoms with Gasteiger partial charge in [0.2, 0.25) is 5.91 Å². The number of carboxylic acids is 1. The summed E-state index contributed by atoms with van der Waals surface area (Å²) in [5, 5.41) is 13.4. The van der Waals surface area contributed by atoms with Gasteiger partial charge in [0.1, 0.15) is 0 Å². The molecule has 3 aromatic carbocycles. The first-order valence-corrected chi connectivity index (χ1v) is 13.1. The maximum Gasteiger partial charge on any atom is 0.337 e. The van der Waals surface area contributed by atoms with Gasteiger partial charge < -0.3 is 15.2 Å². The summed E-state index contributed by atoms with van der Waals surface area (Å²) in [6.45, 7) is 19.4. The van der Waals surface area contributed by atoms with E-state index < -0.39 is 17.7 Å². The number of nitrogens with one attached hydrogen (secondary N) is 1. The smallest absolute Gasteiger partial charge is 0.337 e. The summed E-state index contributed by atoms with van der Waals surface area (Å²) in [5.41, 5.74) is 9.41. The Bertz CT molecular complexity index is 1380. The fraction of sp³-hybridized carbons (Fsp3) is 0.394. The highest BCUT2D eigenvalue weighted by Crippen LogP contribution is 2.44. The Morgan fingerprint density at radius 3 is 1.71 bits per heavy atom. The zero-order chi connectivity index (χ0) is 28.5. The number of rotatable bonds is 7. The average molecular weight is 516 g/mol. The molecule has 1 amide bonds. The van der Waals surface area contributed by atoms with Crippen LogP contribution in [0.4, 0.5) is 5.69 Å². The van der Waals surface area contributed by atoms with Gasteiger partial charge in [-0.2, -0.15) is 0 Å². The molecule has 0 aromatic heterocycles. The van der Waals surface area contributed by atoms with Crippen molar-refractivity contribution in [3.05, 3.63) is 75.8 Å². The summed E-state index contributed by atoms with van der Waals surface area (Å²) >= 11 is 0. The van der Waals surface area contributed by atoms with E-state index in [4.69, 9.17) is 4.74 Å². The van der Waals surface area contributed by atoms with Gasteiger partial charge in [0.15, 0.2) is 6.10 Å². The van der Waals surface area contributed by atoms with Gasteiger partial charge in [-0.05, 0) is 106 Å². The quantitative estimate of drug-likeness (QED) is 0.333. The predicted molar refractivity (Wildman–Crippen MR) is 156 cm³/mol. The van der Waals surface area contributed by atoms with Crippen LogP contribution in [0.5, 0.6) is 0 Å². The second-order valence-electron chi connectivity index (χ2n) is 11.6. The summed E-state index contributed by atoms with van der Waals surface area (Å²) in [5.74, 6) is -1.46. The molecule has 3 rings (SSSR count). The molecule has 0 heterocycles. The number of carbonyl (C=O) groups is 2. The van der Waals surface area contributed by atoms with Gasteiger partial charge in [0, 0.05) is 22.7 Å². The summed E-state index contributed by atoms with van der Waals surface area (Å²) in [7, 11) is 0. The van der Waals surface area contributed by atoms with E-state index in [1.807, 2.05) is 47.6 Å². The highest BCUT2D eigenvalue weighted by Gasteiger charge is 2.32. The van der Waals surface area contributed by atoms with Gasteiger partial charge in [0.05, 0.1) is 5.60 Å². The predicted octanol–water partition coefficient (Wildman–Crippen LogP) is 8.10. The van der Waals surface area contributed by atoms with Crippen molar-refractivity contribution in [1.29, 1.82) is 0 Å². The van der Waals surface area contributed by atoms with Crippen molar-refractivity contribution in [1.82, 2.24) is 0 Å². The fourth-order valence-corrected chi connectivity index (χ4v) is 4.58. The Morgan fingerprint density at radius 2 is 1.29 bits per heavy atom. The molecule has 5 heteroatoms. The zero-order valence-electron chi connectivity index (χ0n) is 24.4. The topological polar surface area (TPSA) is 75.6 Å². The SMILES string of the molecule is Cc1ccc(-c2c(NC(=O)C(C)C)cc(C(OC(C)(C)C)C(=O)O)c(-c3ccc(C)c(C)c3)c2C)cc1C. The first-order valence-electron chi connectivity index (χ1n) is 13.1. The van der Waals surface area contributed by atoms with E-state index in [9.17, 15) is 14.7 Å². The van der Waals surface area contributed by atoms with E-state index in [-0.39, 0.29) is 11.8 Å². The van der Waals surface area contributed by atoms with Crippen LogP contribution >= 0.6 is 0 Å². The first-order chi connectivity index (χ1) is 17.6. The third-order valence-electron chi connectivity index (χ3n) is 6.96.